The molecule has 3 aliphatic rings. The number of ether oxygens (including phenoxy) is 3. The summed E-state index contributed by atoms with van der Waals surface area (Å²) < 4.78 is 19.7. The minimum atomic E-state index is -0.0535. The summed E-state index contributed by atoms with van der Waals surface area (Å²) in [7, 11) is 1.68. The largest absolute Gasteiger partial charge is 0.496 e. The molecule has 2 aromatic rings. The van der Waals surface area contributed by atoms with Gasteiger partial charge in [-0.1, -0.05) is 31.6 Å². The first-order valence-electron chi connectivity index (χ1n) is 12.6. The number of aromatic nitrogens is 2. The topological polar surface area (TPSA) is 65.8 Å². The van der Waals surface area contributed by atoms with Crippen molar-refractivity contribution in [2.75, 3.05) is 26.9 Å². The Labute approximate surface area is 217 Å². The number of benzene rings is 1. The molecule has 7 nitrogen and oxygen atoms in total. The summed E-state index contributed by atoms with van der Waals surface area (Å²) in [6, 6.07) is 4.16. The van der Waals surface area contributed by atoms with E-state index in [1.807, 2.05) is 15.6 Å². The highest BCUT2D eigenvalue weighted by Crippen LogP contribution is 2.46. The maximum absolute atomic E-state index is 14.0. The van der Waals surface area contributed by atoms with Crippen LogP contribution in [0.5, 0.6) is 11.5 Å². The average Bonchev–Trinajstić information content (AvgIpc) is 3.40. The molecule has 1 amide bonds. The van der Waals surface area contributed by atoms with Crippen molar-refractivity contribution in [3.8, 4) is 22.8 Å². The van der Waals surface area contributed by atoms with Gasteiger partial charge in [-0.25, -0.2) is 0 Å². The lowest BCUT2D eigenvalue weighted by atomic mass is 9.97. The second-order valence-electron chi connectivity index (χ2n) is 10.2. The monoisotopic (exact) mass is 509 g/mol. The third-order valence-corrected chi connectivity index (χ3v) is 8.40. The quantitative estimate of drug-likeness (QED) is 0.538. The molecule has 0 saturated carbocycles. The summed E-state index contributed by atoms with van der Waals surface area (Å²) in [5.41, 5.74) is 5.38. The van der Waals surface area contributed by atoms with Crippen LogP contribution < -0.4 is 9.47 Å². The highest BCUT2D eigenvalue weighted by atomic mass is 32.2. The summed E-state index contributed by atoms with van der Waals surface area (Å²) in [6.07, 6.45) is 4.28. The van der Waals surface area contributed by atoms with Crippen molar-refractivity contribution in [1.82, 2.24) is 14.7 Å². The van der Waals surface area contributed by atoms with Crippen LogP contribution in [0.2, 0.25) is 0 Å². The van der Waals surface area contributed by atoms with E-state index in [0.717, 1.165) is 33.9 Å². The summed E-state index contributed by atoms with van der Waals surface area (Å²) in [5, 5.41) is 7.45. The van der Waals surface area contributed by atoms with Gasteiger partial charge in [0.2, 0.25) is 0 Å². The van der Waals surface area contributed by atoms with Crippen LogP contribution >= 0.6 is 11.8 Å². The van der Waals surface area contributed by atoms with Gasteiger partial charge in [-0.15, -0.1) is 11.8 Å². The second-order valence-corrected chi connectivity index (χ2v) is 11.5. The Balaban J connectivity index is 1.68. The van der Waals surface area contributed by atoms with Crippen LogP contribution in [0.3, 0.4) is 0 Å². The molecule has 4 atom stereocenters. The standard InChI is InChI=1S/C28H35N3O4S/c1-16(2)11-20-12-21-25(13-24(20)33-6)35-15-22-26(28(32)30-8-9-34-14-17(3)18(30)4)29-31(27(21)22)23-7-10-36-19(23)5/h7,10-13,17-19,23H,8-9,14-15H2,1-6H3. The Morgan fingerprint density at radius 2 is 2.06 bits per heavy atom. The van der Waals surface area contributed by atoms with Crippen molar-refractivity contribution in [3.05, 3.63) is 46.0 Å². The molecule has 0 radical (unpaired) electrons. The van der Waals surface area contributed by atoms with Crippen LogP contribution in [-0.2, 0) is 11.3 Å². The molecule has 1 aromatic heterocycles. The smallest absolute Gasteiger partial charge is 0.275 e. The van der Waals surface area contributed by atoms with Crippen molar-refractivity contribution >= 4 is 23.7 Å². The van der Waals surface area contributed by atoms with Gasteiger partial charge in [-0.3, -0.25) is 9.48 Å². The first-order valence-corrected chi connectivity index (χ1v) is 13.6. The molecule has 36 heavy (non-hydrogen) atoms. The molecule has 0 aliphatic carbocycles. The van der Waals surface area contributed by atoms with Gasteiger partial charge in [-0.05, 0) is 38.2 Å². The fourth-order valence-electron chi connectivity index (χ4n) is 5.18. The lowest BCUT2D eigenvalue weighted by Gasteiger charge is -2.29. The zero-order chi connectivity index (χ0) is 25.6. The van der Waals surface area contributed by atoms with Crippen LogP contribution in [0.1, 0.15) is 62.3 Å². The number of fused-ring (bicyclic) bond motifs is 3. The zero-order valence-corrected chi connectivity index (χ0v) is 22.7. The second kappa shape index (κ2) is 9.98. The number of carbonyl (C=O) groups excluding carboxylic acids is 1. The predicted octanol–water partition coefficient (Wildman–Crippen LogP) is 5.56. The number of amides is 1. The maximum atomic E-state index is 14.0. The fourth-order valence-corrected chi connectivity index (χ4v) is 6.05. The van der Waals surface area contributed by atoms with Gasteiger partial charge in [0, 0.05) is 40.6 Å². The number of rotatable bonds is 4. The number of hydrogen-bond donors (Lipinski definition) is 0. The lowest BCUT2D eigenvalue weighted by Crippen LogP contribution is -2.43. The Morgan fingerprint density at radius 1 is 1.25 bits per heavy atom. The first-order chi connectivity index (χ1) is 17.3. The van der Waals surface area contributed by atoms with Crippen LogP contribution in [0.4, 0.5) is 0 Å². The van der Waals surface area contributed by atoms with Gasteiger partial charge in [0.15, 0.2) is 5.69 Å². The number of methoxy groups -OCH3 is 1. The van der Waals surface area contributed by atoms with E-state index < -0.39 is 0 Å². The molecule has 0 spiro atoms. The molecule has 1 aromatic carbocycles. The Bertz CT molecular complexity index is 1230. The van der Waals surface area contributed by atoms with Gasteiger partial charge in [0.25, 0.3) is 5.91 Å². The van der Waals surface area contributed by atoms with E-state index in [2.05, 4.69) is 58.2 Å². The summed E-state index contributed by atoms with van der Waals surface area (Å²) in [4.78, 5) is 15.9. The molecule has 192 valence electrons. The molecular formula is C28H35N3O4S. The Kier molecular flexibility index (Phi) is 6.92. The van der Waals surface area contributed by atoms with Crippen molar-refractivity contribution in [1.29, 1.82) is 0 Å². The van der Waals surface area contributed by atoms with E-state index in [1.54, 1.807) is 18.9 Å². The van der Waals surface area contributed by atoms with Gasteiger partial charge >= 0.3 is 0 Å². The molecular weight excluding hydrogens is 474 g/mol. The minimum absolute atomic E-state index is 0.0501. The number of carbonyl (C=O) groups is 1. The predicted molar refractivity (Wildman–Crippen MR) is 144 cm³/mol. The molecule has 4 unspecified atom stereocenters. The third kappa shape index (κ3) is 4.34. The first kappa shape index (κ1) is 25.0. The molecule has 4 heterocycles. The van der Waals surface area contributed by atoms with E-state index in [0.29, 0.717) is 37.3 Å². The molecule has 1 fully saturated rings. The maximum Gasteiger partial charge on any atom is 0.275 e. The third-order valence-electron chi connectivity index (χ3n) is 7.38. The number of hydrogen-bond acceptors (Lipinski definition) is 6. The molecule has 3 aliphatic heterocycles. The molecule has 5 rings (SSSR count). The number of allylic oxidation sites excluding steroid dienone is 2. The molecule has 0 bridgehead atoms. The van der Waals surface area contributed by atoms with Crippen molar-refractivity contribution in [3.63, 3.8) is 0 Å². The minimum Gasteiger partial charge on any atom is -0.496 e. The molecule has 8 heteroatoms. The van der Waals surface area contributed by atoms with E-state index in [4.69, 9.17) is 19.3 Å². The van der Waals surface area contributed by atoms with Gasteiger partial charge < -0.3 is 19.1 Å². The fraction of sp³-hybridized carbons (Fsp3) is 0.500. The highest BCUT2D eigenvalue weighted by molar-refractivity contribution is 8.03. The average molecular weight is 510 g/mol. The number of nitrogens with zero attached hydrogens (tertiary/aromatic N) is 3. The van der Waals surface area contributed by atoms with E-state index in [1.165, 1.54) is 5.57 Å². The van der Waals surface area contributed by atoms with Crippen LogP contribution in [0.15, 0.2) is 29.2 Å². The van der Waals surface area contributed by atoms with Crippen molar-refractivity contribution < 1.29 is 19.0 Å². The van der Waals surface area contributed by atoms with Crippen LogP contribution in [0, 0.1) is 5.92 Å². The summed E-state index contributed by atoms with van der Waals surface area (Å²) >= 11 is 1.78. The summed E-state index contributed by atoms with van der Waals surface area (Å²) in [6.45, 7) is 12.6. The van der Waals surface area contributed by atoms with Gasteiger partial charge in [-0.2, -0.15) is 5.10 Å². The van der Waals surface area contributed by atoms with E-state index in [9.17, 15) is 4.79 Å². The van der Waals surface area contributed by atoms with Crippen molar-refractivity contribution in [2.45, 2.75) is 58.6 Å². The van der Waals surface area contributed by atoms with Crippen LogP contribution in [-0.4, -0.2) is 58.7 Å². The van der Waals surface area contributed by atoms with E-state index in [-0.39, 0.29) is 23.9 Å². The Hall–Kier alpha value is -2.71. The summed E-state index contributed by atoms with van der Waals surface area (Å²) in [5.74, 6) is 1.71. The SMILES string of the molecule is COc1cc2c(cc1C=C(C)C)-c1c(c(C(=O)N3CCOCC(C)C3C)nn1C1C=CSC1C)CO2. The van der Waals surface area contributed by atoms with Crippen LogP contribution in [0.25, 0.3) is 17.3 Å². The van der Waals surface area contributed by atoms with E-state index >= 15 is 0 Å². The van der Waals surface area contributed by atoms with Gasteiger partial charge in [0.1, 0.15) is 18.1 Å². The highest BCUT2D eigenvalue weighted by Gasteiger charge is 2.37. The Morgan fingerprint density at radius 3 is 2.75 bits per heavy atom. The van der Waals surface area contributed by atoms with Crippen molar-refractivity contribution in [2.24, 2.45) is 5.92 Å². The number of thioether (sulfide) groups is 1. The van der Waals surface area contributed by atoms with Gasteiger partial charge in [0.05, 0.1) is 32.1 Å². The normalized spacial score (nSPS) is 25.0. The zero-order valence-electron chi connectivity index (χ0n) is 21.9. The molecule has 1 saturated heterocycles. The lowest BCUT2D eigenvalue weighted by molar-refractivity contribution is 0.0658. The molecule has 0 N–H and O–H groups in total.